The Bertz CT molecular complexity index is 697. The number of nitrogens with zero attached hydrogens (tertiary/aromatic N) is 1. The van der Waals surface area contributed by atoms with Crippen LogP contribution in [0, 0.1) is 0 Å². The van der Waals surface area contributed by atoms with Gasteiger partial charge in [-0.3, -0.25) is 9.69 Å². The minimum Gasteiger partial charge on any atom is -0.454 e. The zero-order valence-electron chi connectivity index (χ0n) is 15.0. The molecule has 25 heavy (non-hydrogen) atoms. The number of hydrogen-bond acceptors (Lipinski definition) is 5. The quantitative estimate of drug-likeness (QED) is 0.825. The third-order valence-electron chi connectivity index (χ3n) is 4.19. The first-order chi connectivity index (χ1) is 11.7. The van der Waals surface area contributed by atoms with Gasteiger partial charge in [0.25, 0.3) is 5.91 Å². The van der Waals surface area contributed by atoms with E-state index in [9.17, 15) is 9.59 Å². The highest BCUT2D eigenvalue weighted by Crippen LogP contribution is 2.34. The van der Waals surface area contributed by atoms with E-state index in [2.05, 4.69) is 5.32 Å². The van der Waals surface area contributed by atoms with Crippen LogP contribution in [0.25, 0.3) is 0 Å². The molecule has 2 aliphatic rings. The molecule has 1 aromatic rings. The van der Waals surface area contributed by atoms with Crippen molar-refractivity contribution in [3.8, 4) is 11.5 Å². The molecule has 1 N–H and O–H groups in total. The molecule has 0 radical (unpaired) electrons. The maximum absolute atomic E-state index is 12.8. The molecule has 2 heterocycles. The first-order valence-electron chi connectivity index (χ1n) is 8.35. The van der Waals surface area contributed by atoms with Gasteiger partial charge in [0.2, 0.25) is 6.79 Å². The number of amides is 3. The molecular formula is C18H24N2O5. The Kier molecular flexibility index (Phi) is 4.36. The van der Waals surface area contributed by atoms with Crippen molar-refractivity contribution < 1.29 is 23.8 Å². The summed E-state index contributed by atoms with van der Waals surface area (Å²) >= 11 is 0. The smallest absolute Gasteiger partial charge is 0.325 e. The number of hydrogen-bond donors (Lipinski definition) is 1. The van der Waals surface area contributed by atoms with Crippen LogP contribution in [0.1, 0.15) is 33.3 Å². The first-order valence-corrected chi connectivity index (χ1v) is 8.35. The fourth-order valence-electron chi connectivity index (χ4n) is 2.97. The number of urea groups is 1. The van der Waals surface area contributed by atoms with Gasteiger partial charge < -0.3 is 19.5 Å². The molecular weight excluding hydrogens is 324 g/mol. The summed E-state index contributed by atoms with van der Waals surface area (Å²) in [6, 6.07) is 5.16. The van der Waals surface area contributed by atoms with Crippen molar-refractivity contribution >= 4 is 11.9 Å². The second-order valence-electron chi connectivity index (χ2n) is 7.54. The molecule has 0 bridgehead atoms. The summed E-state index contributed by atoms with van der Waals surface area (Å²) in [5, 5.41) is 2.80. The SMILES string of the molecule is CC(C)(C)OCCN1C(=O)N[C@@](C)(Cc2ccc3c(c2)OCO3)C1=O. The fourth-order valence-corrected chi connectivity index (χ4v) is 2.97. The number of fused-ring (bicyclic) bond motifs is 1. The van der Waals surface area contributed by atoms with Gasteiger partial charge in [-0.1, -0.05) is 6.07 Å². The van der Waals surface area contributed by atoms with Gasteiger partial charge >= 0.3 is 6.03 Å². The number of ether oxygens (including phenoxy) is 3. The van der Waals surface area contributed by atoms with Gasteiger partial charge in [0.15, 0.2) is 11.5 Å². The van der Waals surface area contributed by atoms with E-state index in [0.29, 0.717) is 24.5 Å². The normalized spacial score (nSPS) is 22.5. The second-order valence-corrected chi connectivity index (χ2v) is 7.54. The third kappa shape index (κ3) is 3.71. The van der Waals surface area contributed by atoms with Gasteiger partial charge in [0.1, 0.15) is 5.54 Å². The molecule has 0 spiro atoms. The van der Waals surface area contributed by atoms with E-state index in [-0.39, 0.29) is 30.9 Å². The topological polar surface area (TPSA) is 77.1 Å². The maximum Gasteiger partial charge on any atom is 0.325 e. The molecule has 2 aliphatic heterocycles. The Hall–Kier alpha value is -2.28. The molecule has 1 atom stereocenters. The Morgan fingerprint density at radius 2 is 1.96 bits per heavy atom. The lowest BCUT2D eigenvalue weighted by Gasteiger charge is -2.23. The number of carbonyl (C=O) groups is 2. The summed E-state index contributed by atoms with van der Waals surface area (Å²) < 4.78 is 16.3. The van der Waals surface area contributed by atoms with Crippen LogP contribution in [-0.2, 0) is 16.0 Å². The van der Waals surface area contributed by atoms with Crippen molar-refractivity contribution in [2.24, 2.45) is 0 Å². The largest absolute Gasteiger partial charge is 0.454 e. The van der Waals surface area contributed by atoms with Crippen LogP contribution in [0.2, 0.25) is 0 Å². The minimum absolute atomic E-state index is 0.202. The lowest BCUT2D eigenvalue weighted by atomic mass is 9.92. The Labute approximate surface area is 147 Å². The van der Waals surface area contributed by atoms with Gasteiger partial charge in [0, 0.05) is 6.42 Å². The predicted molar refractivity (Wildman–Crippen MR) is 90.6 cm³/mol. The first kappa shape index (κ1) is 17.5. The Balaban J connectivity index is 1.67. The highest BCUT2D eigenvalue weighted by Gasteiger charge is 2.47. The highest BCUT2D eigenvalue weighted by atomic mass is 16.7. The molecule has 7 nitrogen and oxygen atoms in total. The predicted octanol–water partition coefficient (Wildman–Crippen LogP) is 2.08. The number of nitrogens with one attached hydrogen (secondary N) is 1. The number of benzene rings is 1. The molecule has 1 fully saturated rings. The van der Waals surface area contributed by atoms with Gasteiger partial charge in [-0.05, 0) is 45.4 Å². The summed E-state index contributed by atoms with van der Waals surface area (Å²) in [5.74, 6) is 1.11. The summed E-state index contributed by atoms with van der Waals surface area (Å²) in [5.41, 5.74) is -0.394. The molecule has 1 saturated heterocycles. The lowest BCUT2D eigenvalue weighted by molar-refractivity contribution is -0.131. The van der Waals surface area contributed by atoms with Crippen molar-refractivity contribution in [2.45, 2.75) is 45.3 Å². The maximum atomic E-state index is 12.8. The Morgan fingerprint density at radius 1 is 1.24 bits per heavy atom. The molecule has 0 saturated carbocycles. The van der Waals surface area contributed by atoms with Gasteiger partial charge in [0.05, 0.1) is 18.8 Å². The second kappa shape index (κ2) is 6.22. The standard InChI is InChI=1S/C18H24N2O5/c1-17(2,3)25-8-7-20-15(21)18(4,19-16(20)22)10-12-5-6-13-14(9-12)24-11-23-13/h5-6,9H,7-8,10-11H2,1-4H3,(H,19,22)/t18-/m0/s1. The van der Waals surface area contributed by atoms with Gasteiger partial charge in [-0.2, -0.15) is 0 Å². The van der Waals surface area contributed by atoms with E-state index in [0.717, 1.165) is 5.56 Å². The number of carbonyl (C=O) groups excluding carboxylic acids is 2. The molecule has 136 valence electrons. The van der Waals surface area contributed by atoms with E-state index in [1.807, 2.05) is 39.0 Å². The molecule has 3 amide bonds. The van der Waals surface area contributed by atoms with Crippen molar-refractivity contribution in [3.05, 3.63) is 23.8 Å². The van der Waals surface area contributed by atoms with Crippen molar-refractivity contribution in [3.63, 3.8) is 0 Å². The summed E-state index contributed by atoms with van der Waals surface area (Å²) in [6.07, 6.45) is 0.380. The molecule has 7 heteroatoms. The van der Waals surface area contributed by atoms with Crippen LogP contribution in [0.5, 0.6) is 11.5 Å². The fraction of sp³-hybridized carbons (Fsp3) is 0.556. The van der Waals surface area contributed by atoms with Crippen LogP contribution >= 0.6 is 0 Å². The minimum atomic E-state index is -0.980. The Morgan fingerprint density at radius 3 is 2.68 bits per heavy atom. The van der Waals surface area contributed by atoms with Crippen LogP contribution in [0.3, 0.4) is 0 Å². The van der Waals surface area contributed by atoms with Crippen molar-refractivity contribution in [2.75, 3.05) is 19.9 Å². The van der Waals surface area contributed by atoms with Gasteiger partial charge in [-0.15, -0.1) is 0 Å². The van der Waals surface area contributed by atoms with Crippen molar-refractivity contribution in [1.29, 1.82) is 0 Å². The van der Waals surface area contributed by atoms with Crippen LogP contribution in [0.4, 0.5) is 4.79 Å². The number of rotatable bonds is 5. The van der Waals surface area contributed by atoms with Gasteiger partial charge in [-0.25, -0.2) is 4.79 Å². The average molecular weight is 348 g/mol. The summed E-state index contributed by atoms with van der Waals surface area (Å²) in [7, 11) is 0. The zero-order valence-corrected chi connectivity index (χ0v) is 15.0. The lowest BCUT2D eigenvalue weighted by Crippen LogP contribution is -2.46. The summed E-state index contributed by atoms with van der Waals surface area (Å²) in [6.45, 7) is 8.28. The molecule has 0 unspecified atom stereocenters. The summed E-state index contributed by atoms with van der Waals surface area (Å²) in [4.78, 5) is 26.2. The molecule has 0 aromatic heterocycles. The zero-order chi connectivity index (χ0) is 18.2. The number of imide groups is 1. The van der Waals surface area contributed by atoms with E-state index >= 15 is 0 Å². The van der Waals surface area contributed by atoms with Crippen LogP contribution in [-0.4, -0.2) is 47.9 Å². The monoisotopic (exact) mass is 348 g/mol. The van der Waals surface area contributed by atoms with Crippen molar-refractivity contribution in [1.82, 2.24) is 10.2 Å². The molecule has 0 aliphatic carbocycles. The van der Waals surface area contributed by atoms with Crippen LogP contribution < -0.4 is 14.8 Å². The highest BCUT2D eigenvalue weighted by molar-refractivity contribution is 6.06. The van der Waals surface area contributed by atoms with Crippen LogP contribution in [0.15, 0.2) is 18.2 Å². The van der Waals surface area contributed by atoms with E-state index in [1.54, 1.807) is 6.92 Å². The van der Waals surface area contributed by atoms with E-state index in [4.69, 9.17) is 14.2 Å². The van der Waals surface area contributed by atoms with E-state index < -0.39 is 5.54 Å². The molecule has 3 rings (SSSR count). The third-order valence-corrected chi connectivity index (χ3v) is 4.19. The molecule has 1 aromatic carbocycles. The van der Waals surface area contributed by atoms with E-state index in [1.165, 1.54) is 4.90 Å². The average Bonchev–Trinajstić information content (AvgIpc) is 3.04.